The van der Waals surface area contributed by atoms with Crippen LogP contribution in [0.15, 0.2) is 30.5 Å². The third kappa shape index (κ3) is 3.75. The van der Waals surface area contributed by atoms with Crippen molar-refractivity contribution in [3.05, 3.63) is 41.7 Å². The van der Waals surface area contributed by atoms with Crippen molar-refractivity contribution in [3.8, 4) is 11.4 Å². The number of hydrogen-bond donors (Lipinski definition) is 1. The van der Waals surface area contributed by atoms with E-state index in [1.807, 2.05) is 13.8 Å². The van der Waals surface area contributed by atoms with E-state index in [0.717, 1.165) is 11.3 Å². The van der Waals surface area contributed by atoms with Gasteiger partial charge in [-0.05, 0) is 36.8 Å². The van der Waals surface area contributed by atoms with Gasteiger partial charge in [0.2, 0.25) is 0 Å². The lowest BCUT2D eigenvalue weighted by atomic mass is 10.0. The van der Waals surface area contributed by atoms with Crippen LogP contribution < -0.4 is 4.74 Å². The lowest BCUT2D eigenvalue weighted by molar-refractivity contribution is -0.274. The number of aromatic nitrogens is 2. The molecule has 0 radical (unpaired) electrons. The van der Waals surface area contributed by atoms with Crippen LogP contribution in [0.1, 0.15) is 24.1 Å². The number of benzene rings is 1. The molecule has 0 aliphatic rings. The zero-order valence-electron chi connectivity index (χ0n) is 11.6. The maximum atomic E-state index is 12.1. The first-order valence-electron chi connectivity index (χ1n) is 6.33. The molecular formula is C14H15F3N2O2. The lowest BCUT2D eigenvalue weighted by Crippen LogP contribution is -2.17. The fourth-order valence-corrected chi connectivity index (χ4v) is 1.99. The second-order valence-corrected chi connectivity index (χ2v) is 4.74. The van der Waals surface area contributed by atoms with E-state index in [2.05, 4.69) is 9.84 Å². The summed E-state index contributed by atoms with van der Waals surface area (Å²) in [6.07, 6.45) is -2.94. The smallest absolute Gasteiger partial charge is 0.406 e. The summed E-state index contributed by atoms with van der Waals surface area (Å²) in [5.41, 5.74) is 2.28. The van der Waals surface area contributed by atoms with E-state index < -0.39 is 6.36 Å². The molecule has 1 unspecified atom stereocenters. The molecule has 0 fully saturated rings. The largest absolute Gasteiger partial charge is 0.573 e. The van der Waals surface area contributed by atoms with Crippen molar-refractivity contribution in [1.82, 2.24) is 9.78 Å². The standard InChI is InChI=1S/C14H15F3N2O2/c1-9(8-20)13-7-19(18-10(13)2)11-3-5-12(6-4-11)21-14(15,16)17/h3-7,9,20H,8H2,1-2H3. The van der Waals surface area contributed by atoms with Crippen LogP contribution >= 0.6 is 0 Å². The molecule has 1 heterocycles. The van der Waals surface area contributed by atoms with Gasteiger partial charge in [0, 0.05) is 18.7 Å². The van der Waals surface area contributed by atoms with Crippen molar-refractivity contribution in [3.63, 3.8) is 0 Å². The Morgan fingerprint density at radius 3 is 2.43 bits per heavy atom. The first kappa shape index (κ1) is 15.4. The number of ether oxygens (including phenoxy) is 1. The fraction of sp³-hybridized carbons (Fsp3) is 0.357. The number of alkyl halides is 3. The number of nitrogens with zero attached hydrogens (tertiary/aromatic N) is 2. The minimum Gasteiger partial charge on any atom is -0.406 e. The number of hydrogen-bond acceptors (Lipinski definition) is 3. The summed E-state index contributed by atoms with van der Waals surface area (Å²) in [4.78, 5) is 0. The molecule has 2 rings (SSSR count). The van der Waals surface area contributed by atoms with E-state index in [4.69, 9.17) is 0 Å². The average Bonchev–Trinajstić information content (AvgIpc) is 2.79. The van der Waals surface area contributed by atoms with Crippen LogP contribution in [-0.2, 0) is 0 Å². The minimum absolute atomic E-state index is 0.00485. The minimum atomic E-state index is -4.70. The maximum absolute atomic E-state index is 12.1. The van der Waals surface area contributed by atoms with E-state index in [1.165, 1.54) is 24.3 Å². The van der Waals surface area contributed by atoms with E-state index in [-0.39, 0.29) is 18.3 Å². The highest BCUT2D eigenvalue weighted by atomic mass is 19.4. The third-order valence-electron chi connectivity index (χ3n) is 3.08. The molecule has 0 aliphatic heterocycles. The van der Waals surface area contributed by atoms with Gasteiger partial charge in [0.1, 0.15) is 5.75 Å². The van der Waals surface area contributed by atoms with Crippen LogP contribution in [0.5, 0.6) is 5.75 Å². The Morgan fingerprint density at radius 2 is 1.90 bits per heavy atom. The van der Waals surface area contributed by atoms with Crippen molar-refractivity contribution in [1.29, 1.82) is 0 Å². The lowest BCUT2D eigenvalue weighted by Gasteiger charge is -2.09. The van der Waals surface area contributed by atoms with Crippen LogP contribution in [0.2, 0.25) is 0 Å². The molecule has 2 aromatic rings. The number of aliphatic hydroxyl groups excluding tert-OH is 1. The van der Waals surface area contributed by atoms with E-state index in [9.17, 15) is 18.3 Å². The van der Waals surface area contributed by atoms with Crippen molar-refractivity contribution in [2.75, 3.05) is 6.61 Å². The molecule has 4 nitrogen and oxygen atoms in total. The first-order chi connectivity index (χ1) is 9.80. The fourth-order valence-electron chi connectivity index (χ4n) is 1.99. The van der Waals surface area contributed by atoms with Crippen molar-refractivity contribution in [2.24, 2.45) is 0 Å². The van der Waals surface area contributed by atoms with Crippen LogP contribution in [0.3, 0.4) is 0 Å². The second kappa shape index (κ2) is 5.77. The highest BCUT2D eigenvalue weighted by molar-refractivity contribution is 5.38. The van der Waals surface area contributed by atoms with Gasteiger partial charge in [-0.2, -0.15) is 5.10 Å². The first-order valence-corrected chi connectivity index (χ1v) is 6.33. The Labute approximate surface area is 119 Å². The molecule has 0 amide bonds. The molecule has 1 aromatic heterocycles. The topological polar surface area (TPSA) is 47.3 Å². The van der Waals surface area contributed by atoms with Crippen molar-refractivity contribution >= 4 is 0 Å². The van der Waals surface area contributed by atoms with Gasteiger partial charge in [0.05, 0.1) is 11.4 Å². The molecule has 7 heteroatoms. The van der Waals surface area contributed by atoms with Gasteiger partial charge in [-0.15, -0.1) is 13.2 Å². The molecule has 1 atom stereocenters. The summed E-state index contributed by atoms with van der Waals surface area (Å²) in [5.74, 6) is -0.328. The monoisotopic (exact) mass is 300 g/mol. The maximum Gasteiger partial charge on any atom is 0.573 e. The molecule has 0 spiro atoms. The molecule has 0 saturated heterocycles. The predicted molar refractivity (Wildman–Crippen MR) is 70.5 cm³/mol. The SMILES string of the molecule is Cc1nn(-c2ccc(OC(F)(F)F)cc2)cc1C(C)CO. The highest BCUT2D eigenvalue weighted by Gasteiger charge is 2.31. The summed E-state index contributed by atoms with van der Waals surface area (Å²) < 4.78 is 41.6. The Hall–Kier alpha value is -2.02. The summed E-state index contributed by atoms with van der Waals surface area (Å²) >= 11 is 0. The zero-order chi connectivity index (χ0) is 15.6. The van der Waals surface area contributed by atoms with Gasteiger partial charge in [-0.25, -0.2) is 4.68 Å². The third-order valence-corrected chi connectivity index (χ3v) is 3.08. The van der Waals surface area contributed by atoms with E-state index in [1.54, 1.807) is 10.9 Å². The molecule has 0 aliphatic carbocycles. The number of rotatable bonds is 4. The molecule has 114 valence electrons. The highest BCUT2D eigenvalue weighted by Crippen LogP contribution is 2.25. The van der Waals surface area contributed by atoms with E-state index >= 15 is 0 Å². The number of aryl methyl sites for hydroxylation is 1. The van der Waals surface area contributed by atoms with E-state index in [0.29, 0.717) is 5.69 Å². The summed E-state index contributed by atoms with van der Waals surface area (Å²) in [6, 6.07) is 5.44. The molecular weight excluding hydrogens is 285 g/mol. The van der Waals surface area contributed by atoms with Gasteiger partial charge < -0.3 is 9.84 Å². The van der Waals surface area contributed by atoms with Crippen molar-refractivity contribution in [2.45, 2.75) is 26.1 Å². The molecule has 1 aromatic carbocycles. The van der Waals surface area contributed by atoms with Crippen molar-refractivity contribution < 1.29 is 23.0 Å². The summed E-state index contributed by atoms with van der Waals surface area (Å²) in [7, 11) is 0. The van der Waals surface area contributed by atoms with Crippen LogP contribution in [0.4, 0.5) is 13.2 Å². The van der Waals surface area contributed by atoms with Crippen LogP contribution in [0.25, 0.3) is 5.69 Å². The van der Waals surface area contributed by atoms with Gasteiger partial charge in [0.25, 0.3) is 0 Å². The number of aliphatic hydroxyl groups is 1. The van der Waals surface area contributed by atoms with Gasteiger partial charge in [-0.3, -0.25) is 0 Å². The second-order valence-electron chi connectivity index (χ2n) is 4.74. The molecule has 0 bridgehead atoms. The normalized spacial score (nSPS) is 13.2. The number of halogens is 3. The van der Waals surface area contributed by atoms with Gasteiger partial charge in [-0.1, -0.05) is 6.92 Å². The van der Waals surface area contributed by atoms with Crippen LogP contribution in [-0.4, -0.2) is 27.9 Å². The van der Waals surface area contributed by atoms with Gasteiger partial charge >= 0.3 is 6.36 Å². The Balaban J connectivity index is 2.23. The molecule has 0 saturated carbocycles. The Bertz CT molecular complexity index is 606. The van der Waals surface area contributed by atoms with Gasteiger partial charge in [0.15, 0.2) is 0 Å². The molecule has 1 N–H and O–H groups in total. The molecule has 21 heavy (non-hydrogen) atoms. The quantitative estimate of drug-likeness (QED) is 0.943. The van der Waals surface area contributed by atoms with Crippen LogP contribution in [0, 0.1) is 6.92 Å². The summed E-state index contributed by atoms with van der Waals surface area (Å²) in [6.45, 7) is 3.69. The summed E-state index contributed by atoms with van der Waals surface area (Å²) in [5, 5.41) is 13.5. The Morgan fingerprint density at radius 1 is 1.29 bits per heavy atom. The predicted octanol–water partition coefficient (Wildman–Crippen LogP) is 3.18. The zero-order valence-corrected chi connectivity index (χ0v) is 11.6. The Kier molecular flexibility index (Phi) is 4.22. The average molecular weight is 300 g/mol.